The summed E-state index contributed by atoms with van der Waals surface area (Å²) in [4.78, 5) is 9.92. The Balaban J connectivity index is 1.40. The van der Waals surface area contributed by atoms with Crippen molar-refractivity contribution in [3.8, 4) is 11.3 Å². The Kier molecular flexibility index (Phi) is 7.49. The van der Waals surface area contributed by atoms with Gasteiger partial charge < -0.3 is 15.1 Å². The van der Waals surface area contributed by atoms with Crippen molar-refractivity contribution in [2.75, 3.05) is 50.8 Å². The molecule has 5 nitrogen and oxygen atoms in total. The molecule has 1 aromatic heterocycles. The molecule has 1 aromatic carbocycles. The van der Waals surface area contributed by atoms with E-state index in [1.807, 2.05) is 0 Å². The van der Waals surface area contributed by atoms with Crippen LogP contribution < -0.4 is 4.90 Å². The van der Waals surface area contributed by atoms with Crippen molar-refractivity contribution in [1.29, 1.82) is 0 Å². The first kappa shape index (κ1) is 24.6. The highest BCUT2D eigenvalue weighted by Crippen LogP contribution is 2.46. The monoisotopic (exact) mass is 471 g/mol. The Morgan fingerprint density at radius 2 is 1.67 bits per heavy atom. The summed E-state index contributed by atoms with van der Waals surface area (Å²) < 4.78 is 0. The second-order valence-electron chi connectivity index (χ2n) is 11.2. The van der Waals surface area contributed by atoms with Gasteiger partial charge in [0.15, 0.2) is 5.13 Å². The van der Waals surface area contributed by atoms with E-state index in [1.165, 1.54) is 29.5 Å². The fourth-order valence-electron chi connectivity index (χ4n) is 5.33. The zero-order chi connectivity index (χ0) is 23.6. The minimum Gasteiger partial charge on any atom is -0.396 e. The van der Waals surface area contributed by atoms with Gasteiger partial charge in [-0.15, -0.1) is 11.3 Å². The zero-order valence-corrected chi connectivity index (χ0v) is 21.6. The van der Waals surface area contributed by atoms with Crippen molar-refractivity contribution in [1.82, 2.24) is 9.88 Å². The lowest BCUT2D eigenvalue weighted by molar-refractivity contribution is 0.157. The van der Waals surface area contributed by atoms with E-state index in [1.54, 1.807) is 11.3 Å². The van der Waals surface area contributed by atoms with Crippen LogP contribution in [0, 0.1) is 5.92 Å². The largest absolute Gasteiger partial charge is 0.396 e. The average Bonchev–Trinajstić information content (AvgIpc) is 3.30. The van der Waals surface area contributed by atoms with Crippen LogP contribution in [0.15, 0.2) is 23.6 Å². The van der Waals surface area contributed by atoms with Gasteiger partial charge in [-0.3, -0.25) is 4.90 Å². The van der Waals surface area contributed by atoms with E-state index in [0.29, 0.717) is 6.42 Å². The van der Waals surface area contributed by atoms with Gasteiger partial charge in [0.25, 0.3) is 0 Å². The van der Waals surface area contributed by atoms with Crippen molar-refractivity contribution in [3.05, 3.63) is 34.7 Å². The normalized spacial score (nSPS) is 21.1. The predicted octanol–water partition coefficient (Wildman–Crippen LogP) is 4.66. The van der Waals surface area contributed by atoms with Gasteiger partial charge in [0.2, 0.25) is 0 Å². The summed E-state index contributed by atoms with van der Waals surface area (Å²) in [6.45, 7) is 14.8. The molecule has 4 rings (SSSR count). The maximum Gasteiger partial charge on any atom is 0.185 e. The van der Waals surface area contributed by atoms with Crippen LogP contribution in [0.5, 0.6) is 0 Å². The van der Waals surface area contributed by atoms with E-state index in [-0.39, 0.29) is 30.0 Å². The molecule has 0 radical (unpaired) electrons. The highest BCUT2D eigenvalue weighted by atomic mass is 32.1. The number of aromatic nitrogens is 1. The molecule has 1 unspecified atom stereocenters. The van der Waals surface area contributed by atoms with Crippen molar-refractivity contribution in [3.63, 3.8) is 0 Å². The van der Waals surface area contributed by atoms with Crippen molar-refractivity contribution >= 4 is 16.5 Å². The van der Waals surface area contributed by atoms with Gasteiger partial charge in [0.05, 0.1) is 5.69 Å². The summed E-state index contributed by atoms with van der Waals surface area (Å²) in [7, 11) is 0. The molecule has 6 heteroatoms. The molecule has 33 heavy (non-hydrogen) atoms. The number of aliphatic hydroxyl groups is 2. The topological polar surface area (TPSA) is 59.8 Å². The molecule has 2 heterocycles. The van der Waals surface area contributed by atoms with Crippen LogP contribution in [0.4, 0.5) is 5.13 Å². The second-order valence-corrected chi connectivity index (χ2v) is 12.1. The lowest BCUT2D eigenvalue weighted by atomic mass is 9.63. The molecular formula is C27H41N3O2S. The summed E-state index contributed by atoms with van der Waals surface area (Å²) in [5, 5.41) is 21.9. The number of fused-ring (bicyclic) bond motifs is 1. The number of thiazole rings is 1. The molecule has 2 N–H and O–H groups in total. The smallest absolute Gasteiger partial charge is 0.185 e. The van der Waals surface area contributed by atoms with Crippen molar-refractivity contribution < 1.29 is 10.2 Å². The molecule has 1 saturated heterocycles. The first-order chi connectivity index (χ1) is 15.7. The fourth-order valence-corrected chi connectivity index (χ4v) is 6.22. The third-order valence-electron chi connectivity index (χ3n) is 7.93. The molecule has 2 aromatic rings. The van der Waals surface area contributed by atoms with Crippen LogP contribution in [-0.2, 0) is 10.8 Å². The van der Waals surface area contributed by atoms with Gasteiger partial charge in [0.1, 0.15) is 0 Å². The number of anilines is 1. The Hall–Kier alpha value is -1.47. The number of piperazine rings is 1. The van der Waals surface area contributed by atoms with Gasteiger partial charge >= 0.3 is 0 Å². The summed E-state index contributed by atoms with van der Waals surface area (Å²) >= 11 is 1.75. The molecule has 1 fully saturated rings. The Bertz CT molecular complexity index is 931. The molecular weight excluding hydrogens is 430 g/mol. The minimum atomic E-state index is 0.158. The molecule has 0 saturated carbocycles. The summed E-state index contributed by atoms with van der Waals surface area (Å²) in [6.07, 6.45) is 4.10. The molecule has 2 aliphatic rings. The highest BCUT2D eigenvalue weighted by Gasteiger charge is 2.37. The summed E-state index contributed by atoms with van der Waals surface area (Å²) in [5.41, 5.74) is 5.76. The summed E-state index contributed by atoms with van der Waals surface area (Å²) in [6, 6.07) is 7.01. The maximum absolute atomic E-state index is 9.45. The molecule has 0 spiro atoms. The Morgan fingerprint density at radius 1 is 0.970 bits per heavy atom. The van der Waals surface area contributed by atoms with Crippen LogP contribution in [0.1, 0.15) is 64.5 Å². The number of aliphatic hydroxyl groups excluding tert-OH is 2. The Labute approximate surface area is 203 Å². The molecule has 1 aliphatic carbocycles. The van der Waals surface area contributed by atoms with E-state index in [2.05, 4.69) is 61.1 Å². The standard InChI is InChI=1S/C27H41N3O2S/c1-26(2)9-10-27(3,4)23-17-21(5-6-22(23)26)24-19-33-25(28-24)30-14-12-29(13-15-30)11-7-20(18-32)8-16-31/h5-6,17,19-20,31-32H,7-16,18H2,1-4H3. The van der Waals surface area contributed by atoms with Gasteiger partial charge in [-0.25, -0.2) is 4.98 Å². The van der Waals surface area contributed by atoms with Crippen molar-refractivity contribution in [2.24, 2.45) is 5.92 Å². The molecule has 1 aliphatic heterocycles. The maximum atomic E-state index is 9.45. The van der Waals surface area contributed by atoms with Gasteiger partial charge in [-0.05, 0) is 66.2 Å². The summed E-state index contributed by atoms with van der Waals surface area (Å²) in [5.74, 6) is 0.210. The lowest BCUT2D eigenvalue weighted by Gasteiger charge is -2.42. The number of benzene rings is 1. The van der Waals surface area contributed by atoms with E-state index >= 15 is 0 Å². The average molecular weight is 472 g/mol. The van der Waals surface area contributed by atoms with Crippen LogP contribution in [0.25, 0.3) is 11.3 Å². The zero-order valence-electron chi connectivity index (χ0n) is 20.8. The van der Waals surface area contributed by atoms with Gasteiger partial charge in [0, 0.05) is 50.3 Å². The molecule has 0 bridgehead atoms. The van der Waals surface area contributed by atoms with E-state index in [0.717, 1.165) is 50.0 Å². The highest BCUT2D eigenvalue weighted by molar-refractivity contribution is 7.14. The number of hydrogen-bond donors (Lipinski definition) is 2. The minimum absolute atomic E-state index is 0.158. The number of nitrogens with zero attached hydrogens (tertiary/aromatic N) is 3. The van der Waals surface area contributed by atoms with Crippen LogP contribution in [0.2, 0.25) is 0 Å². The van der Waals surface area contributed by atoms with Crippen LogP contribution in [0.3, 0.4) is 0 Å². The van der Waals surface area contributed by atoms with Crippen LogP contribution >= 0.6 is 11.3 Å². The van der Waals surface area contributed by atoms with Crippen molar-refractivity contribution in [2.45, 2.75) is 64.2 Å². The predicted molar refractivity (Wildman–Crippen MR) is 138 cm³/mol. The van der Waals surface area contributed by atoms with Crippen LogP contribution in [-0.4, -0.2) is 66.0 Å². The molecule has 182 valence electrons. The quantitative estimate of drug-likeness (QED) is 0.586. The SMILES string of the molecule is CC1(C)CCC(C)(C)c2cc(-c3csc(N4CCN(CCC(CO)CCO)CC4)n3)ccc21. The third kappa shape index (κ3) is 5.45. The Morgan fingerprint density at radius 3 is 2.33 bits per heavy atom. The second kappa shape index (κ2) is 10.0. The first-order valence-corrected chi connectivity index (χ1v) is 13.4. The number of rotatable bonds is 8. The number of hydrogen-bond acceptors (Lipinski definition) is 6. The van der Waals surface area contributed by atoms with Gasteiger partial charge in [-0.2, -0.15) is 0 Å². The van der Waals surface area contributed by atoms with E-state index in [9.17, 15) is 5.11 Å². The first-order valence-electron chi connectivity index (χ1n) is 12.5. The van der Waals surface area contributed by atoms with E-state index < -0.39 is 0 Å². The fraction of sp³-hybridized carbons (Fsp3) is 0.667. The molecule has 1 atom stereocenters. The third-order valence-corrected chi connectivity index (χ3v) is 8.83. The van der Waals surface area contributed by atoms with Gasteiger partial charge in [-0.1, -0.05) is 39.8 Å². The molecule has 0 amide bonds. The lowest BCUT2D eigenvalue weighted by Crippen LogP contribution is -2.47. The van der Waals surface area contributed by atoms with E-state index in [4.69, 9.17) is 10.1 Å².